The molecule has 180 valence electrons. The van der Waals surface area contributed by atoms with Crippen LogP contribution in [0.25, 0.3) is 0 Å². The molecular formula is C24H41N5O3. The monoisotopic (exact) mass is 447 g/mol. The van der Waals surface area contributed by atoms with Crippen LogP contribution in [0.15, 0.2) is 29.3 Å². The van der Waals surface area contributed by atoms with Gasteiger partial charge < -0.3 is 25.4 Å². The lowest BCUT2D eigenvalue weighted by molar-refractivity contribution is -0.121. The number of morpholine rings is 1. The maximum absolute atomic E-state index is 12.2. The van der Waals surface area contributed by atoms with Gasteiger partial charge in [0, 0.05) is 30.9 Å². The maximum Gasteiger partial charge on any atom is 0.242 e. The van der Waals surface area contributed by atoms with Gasteiger partial charge in [-0.25, -0.2) is 4.99 Å². The van der Waals surface area contributed by atoms with Crippen molar-refractivity contribution >= 4 is 17.6 Å². The van der Waals surface area contributed by atoms with E-state index in [2.05, 4.69) is 25.8 Å². The minimum absolute atomic E-state index is 0.0644. The Balaban J connectivity index is 1.88. The summed E-state index contributed by atoms with van der Waals surface area (Å²) in [5.74, 6) is 1.31. The van der Waals surface area contributed by atoms with Crippen LogP contribution in [0.3, 0.4) is 0 Å². The molecule has 0 radical (unpaired) electrons. The number of carbonyl (C=O) groups is 1. The van der Waals surface area contributed by atoms with Gasteiger partial charge in [-0.1, -0.05) is 0 Å². The van der Waals surface area contributed by atoms with E-state index in [1.807, 2.05) is 58.9 Å². The summed E-state index contributed by atoms with van der Waals surface area (Å²) in [7, 11) is 0. The van der Waals surface area contributed by atoms with E-state index in [1.54, 1.807) is 0 Å². The van der Waals surface area contributed by atoms with Crippen molar-refractivity contribution in [2.75, 3.05) is 51.3 Å². The van der Waals surface area contributed by atoms with Gasteiger partial charge in [0.05, 0.1) is 19.3 Å². The summed E-state index contributed by atoms with van der Waals surface area (Å²) in [4.78, 5) is 19.1. The highest BCUT2D eigenvalue weighted by atomic mass is 16.5. The highest BCUT2D eigenvalue weighted by Gasteiger charge is 2.13. The van der Waals surface area contributed by atoms with E-state index in [0.717, 1.165) is 63.7 Å². The number of guanidine groups is 1. The lowest BCUT2D eigenvalue weighted by Crippen LogP contribution is -2.42. The molecule has 8 heteroatoms. The van der Waals surface area contributed by atoms with Crippen molar-refractivity contribution < 1.29 is 14.3 Å². The third kappa shape index (κ3) is 11.3. The molecule has 0 bridgehead atoms. The Bertz CT molecular complexity index is 707. The largest absolute Gasteiger partial charge is 0.491 e. The average Bonchev–Trinajstić information content (AvgIpc) is 2.72. The number of aliphatic imine (C=N–C) groups is 1. The molecule has 1 aliphatic rings. The van der Waals surface area contributed by atoms with E-state index < -0.39 is 0 Å². The van der Waals surface area contributed by atoms with Gasteiger partial charge in [-0.3, -0.25) is 9.69 Å². The summed E-state index contributed by atoms with van der Waals surface area (Å²) in [5.41, 5.74) is 0.608. The molecule has 3 N–H and O–H groups in total. The molecule has 1 saturated heterocycles. The van der Waals surface area contributed by atoms with Gasteiger partial charge in [0.1, 0.15) is 12.3 Å². The molecule has 1 aromatic rings. The Kier molecular flexibility index (Phi) is 10.8. The Morgan fingerprint density at radius 1 is 1.16 bits per heavy atom. The lowest BCUT2D eigenvalue weighted by Gasteiger charge is -2.26. The second kappa shape index (κ2) is 13.3. The summed E-state index contributed by atoms with van der Waals surface area (Å²) >= 11 is 0. The molecule has 1 aromatic carbocycles. The van der Waals surface area contributed by atoms with Gasteiger partial charge in [0.15, 0.2) is 5.96 Å². The molecule has 2 rings (SSSR count). The van der Waals surface area contributed by atoms with E-state index in [1.165, 1.54) is 0 Å². The van der Waals surface area contributed by atoms with Crippen LogP contribution in [0.2, 0.25) is 0 Å². The summed E-state index contributed by atoms with van der Waals surface area (Å²) in [6.07, 6.45) is 2.26. The Morgan fingerprint density at radius 2 is 1.84 bits per heavy atom. The second-order valence-corrected chi connectivity index (χ2v) is 9.37. The SMILES string of the molecule is CC(C)Oc1ccc(NC(=NCC(=O)NC(C)(C)C)NCCCCN2CCOCC2)cc1. The minimum atomic E-state index is -0.278. The van der Waals surface area contributed by atoms with Gasteiger partial charge >= 0.3 is 0 Å². The first-order valence-electron chi connectivity index (χ1n) is 11.6. The normalized spacial score (nSPS) is 15.5. The summed E-state index contributed by atoms with van der Waals surface area (Å²) in [6, 6.07) is 7.74. The molecule has 0 atom stereocenters. The highest BCUT2D eigenvalue weighted by Crippen LogP contribution is 2.16. The smallest absolute Gasteiger partial charge is 0.242 e. The van der Waals surface area contributed by atoms with Crippen molar-refractivity contribution in [3.63, 3.8) is 0 Å². The predicted octanol–water partition coefficient (Wildman–Crippen LogP) is 2.86. The summed E-state index contributed by atoms with van der Waals surface area (Å²) in [5, 5.41) is 9.59. The first-order chi connectivity index (χ1) is 15.2. The van der Waals surface area contributed by atoms with Crippen molar-refractivity contribution in [2.45, 2.75) is 59.1 Å². The standard InChI is InChI=1S/C24H41N5O3/c1-19(2)32-21-10-8-20(9-11-21)27-23(26-18-22(30)28-24(3,4)5)25-12-6-7-13-29-14-16-31-17-15-29/h8-11,19H,6-7,12-18H2,1-5H3,(H,28,30)(H2,25,26,27). The fourth-order valence-electron chi connectivity index (χ4n) is 3.27. The van der Waals surface area contributed by atoms with Crippen molar-refractivity contribution in [1.82, 2.24) is 15.5 Å². The van der Waals surface area contributed by atoms with Gasteiger partial charge in [0.25, 0.3) is 0 Å². The zero-order valence-electron chi connectivity index (χ0n) is 20.4. The van der Waals surface area contributed by atoms with E-state index in [0.29, 0.717) is 5.96 Å². The number of anilines is 1. The zero-order valence-corrected chi connectivity index (χ0v) is 20.4. The molecule has 8 nitrogen and oxygen atoms in total. The van der Waals surface area contributed by atoms with Crippen LogP contribution < -0.4 is 20.7 Å². The minimum Gasteiger partial charge on any atom is -0.491 e. The van der Waals surface area contributed by atoms with Gasteiger partial charge in [-0.05, 0) is 78.3 Å². The van der Waals surface area contributed by atoms with E-state index in [9.17, 15) is 4.79 Å². The fourth-order valence-corrected chi connectivity index (χ4v) is 3.27. The fraction of sp³-hybridized carbons (Fsp3) is 0.667. The number of hydrogen-bond donors (Lipinski definition) is 3. The molecule has 32 heavy (non-hydrogen) atoms. The van der Waals surface area contributed by atoms with Crippen LogP contribution in [0.1, 0.15) is 47.5 Å². The van der Waals surface area contributed by atoms with Crippen molar-refractivity contribution in [3.8, 4) is 5.75 Å². The number of rotatable bonds is 10. The molecule has 0 unspecified atom stereocenters. The Hall–Kier alpha value is -2.32. The van der Waals surface area contributed by atoms with Crippen LogP contribution in [-0.4, -0.2) is 74.3 Å². The molecule has 0 aliphatic carbocycles. The molecule has 1 fully saturated rings. The van der Waals surface area contributed by atoms with E-state index in [4.69, 9.17) is 9.47 Å². The highest BCUT2D eigenvalue weighted by molar-refractivity contribution is 5.95. The third-order valence-corrected chi connectivity index (χ3v) is 4.68. The molecular weight excluding hydrogens is 406 g/mol. The number of unbranched alkanes of at least 4 members (excludes halogenated alkanes) is 1. The lowest BCUT2D eigenvalue weighted by atomic mass is 10.1. The van der Waals surface area contributed by atoms with Gasteiger partial charge in [-0.2, -0.15) is 0 Å². The van der Waals surface area contributed by atoms with Crippen molar-refractivity contribution in [2.24, 2.45) is 4.99 Å². The number of benzene rings is 1. The zero-order chi connectivity index (χ0) is 23.4. The van der Waals surface area contributed by atoms with Gasteiger partial charge in [0.2, 0.25) is 5.91 Å². The van der Waals surface area contributed by atoms with Crippen LogP contribution in [0, 0.1) is 0 Å². The van der Waals surface area contributed by atoms with E-state index >= 15 is 0 Å². The molecule has 1 amide bonds. The average molecular weight is 448 g/mol. The molecule has 0 aromatic heterocycles. The van der Waals surface area contributed by atoms with Crippen LogP contribution in [-0.2, 0) is 9.53 Å². The van der Waals surface area contributed by atoms with Crippen LogP contribution in [0.4, 0.5) is 5.69 Å². The molecule has 0 saturated carbocycles. The maximum atomic E-state index is 12.2. The van der Waals surface area contributed by atoms with E-state index in [-0.39, 0.29) is 24.1 Å². The second-order valence-electron chi connectivity index (χ2n) is 9.37. The summed E-state index contributed by atoms with van der Waals surface area (Å²) in [6.45, 7) is 15.5. The van der Waals surface area contributed by atoms with Gasteiger partial charge in [-0.15, -0.1) is 0 Å². The quantitative estimate of drug-likeness (QED) is 0.290. The van der Waals surface area contributed by atoms with Crippen molar-refractivity contribution in [1.29, 1.82) is 0 Å². The number of amides is 1. The molecule has 1 aliphatic heterocycles. The van der Waals surface area contributed by atoms with Crippen molar-refractivity contribution in [3.05, 3.63) is 24.3 Å². The number of ether oxygens (including phenoxy) is 2. The topological polar surface area (TPSA) is 87.2 Å². The van der Waals surface area contributed by atoms with Crippen LogP contribution >= 0.6 is 0 Å². The Labute approximate surface area is 193 Å². The first kappa shape index (κ1) is 25.9. The third-order valence-electron chi connectivity index (χ3n) is 4.68. The molecule has 0 spiro atoms. The Morgan fingerprint density at radius 3 is 2.47 bits per heavy atom. The van der Waals surface area contributed by atoms with Crippen LogP contribution in [0.5, 0.6) is 5.75 Å². The number of nitrogens with one attached hydrogen (secondary N) is 3. The molecule has 1 heterocycles. The predicted molar refractivity (Wildman–Crippen MR) is 131 cm³/mol. The number of hydrogen-bond acceptors (Lipinski definition) is 5. The number of nitrogens with zero attached hydrogens (tertiary/aromatic N) is 2. The first-order valence-corrected chi connectivity index (χ1v) is 11.6. The summed E-state index contributed by atoms with van der Waals surface area (Å²) < 4.78 is 11.1. The number of carbonyl (C=O) groups excluding carboxylic acids is 1.